The maximum absolute atomic E-state index is 13.0. The molecular formula is C28H36N2O5S2. The van der Waals surface area contributed by atoms with Crippen LogP contribution < -0.4 is 9.47 Å². The fraction of sp³-hybridized carbons (Fsp3) is 0.429. The minimum atomic E-state index is -3.93. The molecular weight excluding hydrogens is 508 g/mol. The molecule has 0 saturated carbocycles. The van der Waals surface area contributed by atoms with Gasteiger partial charge in [-0.25, -0.2) is 0 Å². The van der Waals surface area contributed by atoms with Crippen LogP contribution in [0.3, 0.4) is 0 Å². The van der Waals surface area contributed by atoms with Crippen molar-refractivity contribution < 1.29 is 22.7 Å². The van der Waals surface area contributed by atoms with Crippen LogP contribution in [0.1, 0.15) is 64.4 Å². The first kappa shape index (κ1) is 28.8. The number of hydrogen-bond donors (Lipinski definition) is 0. The SMILES string of the molecule is CCCCCCCCCOc1cc(C=C2SC(=NS(=O)(=O)c3ccccc3)N(CC)C2=O)ccc1OC. The maximum atomic E-state index is 13.0. The van der Waals surface area contributed by atoms with Crippen molar-refractivity contribution in [3.8, 4) is 11.5 Å². The topological polar surface area (TPSA) is 85.3 Å². The average Bonchev–Trinajstić information content (AvgIpc) is 3.18. The van der Waals surface area contributed by atoms with Gasteiger partial charge in [0.15, 0.2) is 16.7 Å². The van der Waals surface area contributed by atoms with Crippen LogP contribution >= 0.6 is 11.8 Å². The average molecular weight is 545 g/mol. The summed E-state index contributed by atoms with van der Waals surface area (Å²) >= 11 is 1.05. The van der Waals surface area contributed by atoms with Gasteiger partial charge in [0.1, 0.15) is 0 Å². The Morgan fingerprint density at radius 2 is 1.65 bits per heavy atom. The number of hydrogen-bond acceptors (Lipinski definition) is 6. The summed E-state index contributed by atoms with van der Waals surface area (Å²) in [6.45, 7) is 4.90. The Labute approximate surface area is 225 Å². The van der Waals surface area contributed by atoms with Gasteiger partial charge in [-0.3, -0.25) is 9.69 Å². The minimum Gasteiger partial charge on any atom is -0.493 e. The Balaban J connectivity index is 1.72. The first-order valence-electron chi connectivity index (χ1n) is 12.8. The van der Waals surface area contributed by atoms with Crippen LogP contribution in [0.25, 0.3) is 6.08 Å². The number of methoxy groups -OCH3 is 1. The summed E-state index contributed by atoms with van der Waals surface area (Å²) in [5.41, 5.74) is 0.759. The van der Waals surface area contributed by atoms with Gasteiger partial charge in [-0.05, 0) is 61.0 Å². The Hall–Kier alpha value is -2.78. The maximum Gasteiger partial charge on any atom is 0.284 e. The van der Waals surface area contributed by atoms with Gasteiger partial charge in [0.25, 0.3) is 15.9 Å². The van der Waals surface area contributed by atoms with Crippen molar-refractivity contribution in [1.82, 2.24) is 4.90 Å². The molecule has 37 heavy (non-hydrogen) atoms. The number of carbonyl (C=O) groups excluding carboxylic acids is 1. The Bertz CT molecular complexity index is 1210. The highest BCUT2D eigenvalue weighted by Crippen LogP contribution is 2.35. The van der Waals surface area contributed by atoms with E-state index in [1.807, 2.05) is 18.2 Å². The van der Waals surface area contributed by atoms with E-state index in [2.05, 4.69) is 11.3 Å². The van der Waals surface area contributed by atoms with Gasteiger partial charge in [-0.1, -0.05) is 69.7 Å². The fourth-order valence-corrected chi connectivity index (χ4v) is 6.16. The highest BCUT2D eigenvalue weighted by atomic mass is 32.2. The Morgan fingerprint density at radius 3 is 2.32 bits per heavy atom. The van der Waals surface area contributed by atoms with E-state index in [0.29, 0.717) is 29.6 Å². The molecule has 1 aliphatic heterocycles. The van der Waals surface area contributed by atoms with Gasteiger partial charge in [-0.2, -0.15) is 8.42 Å². The van der Waals surface area contributed by atoms with Crippen molar-refractivity contribution >= 4 is 38.9 Å². The van der Waals surface area contributed by atoms with Gasteiger partial charge in [0.05, 0.1) is 23.5 Å². The molecule has 0 aromatic heterocycles. The van der Waals surface area contributed by atoms with Crippen LogP contribution in [0.5, 0.6) is 11.5 Å². The molecule has 1 saturated heterocycles. The summed E-state index contributed by atoms with van der Waals surface area (Å²) in [6, 6.07) is 13.5. The molecule has 200 valence electrons. The molecule has 0 bridgehead atoms. The van der Waals surface area contributed by atoms with Crippen molar-refractivity contribution in [3.05, 3.63) is 59.0 Å². The lowest BCUT2D eigenvalue weighted by Crippen LogP contribution is -2.29. The van der Waals surface area contributed by atoms with E-state index < -0.39 is 10.0 Å². The highest BCUT2D eigenvalue weighted by Gasteiger charge is 2.34. The summed E-state index contributed by atoms with van der Waals surface area (Å²) in [4.78, 5) is 14.9. The van der Waals surface area contributed by atoms with Crippen LogP contribution in [0.2, 0.25) is 0 Å². The predicted octanol–water partition coefficient (Wildman–Crippen LogP) is 6.51. The van der Waals surface area contributed by atoms with Crippen molar-refractivity contribution in [3.63, 3.8) is 0 Å². The molecule has 2 aromatic carbocycles. The van der Waals surface area contributed by atoms with Gasteiger partial charge >= 0.3 is 0 Å². The molecule has 0 radical (unpaired) electrons. The lowest BCUT2D eigenvalue weighted by atomic mass is 10.1. The van der Waals surface area contributed by atoms with E-state index in [-0.39, 0.29) is 16.0 Å². The second-order valence-electron chi connectivity index (χ2n) is 8.70. The monoisotopic (exact) mass is 544 g/mol. The molecule has 0 atom stereocenters. The Kier molecular flexibility index (Phi) is 11.1. The lowest BCUT2D eigenvalue weighted by Gasteiger charge is -2.12. The molecule has 0 N–H and O–H groups in total. The smallest absolute Gasteiger partial charge is 0.284 e. The fourth-order valence-electron chi connectivity index (χ4n) is 3.89. The second kappa shape index (κ2) is 14.2. The molecule has 3 rings (SSSR count). The van der Waals surface area contributed by atoms with Gasteiger partial charge in [-0.15, -0.1) is 4.40 Å². The molecule has 0 spiro atoms. The highest BCUT2D eigenvalue weighted by molar-refractivity contribution is 8.19. The standard InChI is InChI=1S/C28H36N2O5S2/c1-4-6-7-8-9-10-14-19-35-25-20-22(17-18-24(25)34-3)21-26-27(31)30(5-2)28(36-26)29-37(32,33)23-15-12-11-13-16-23/h11-13,15-18,20-21H,4-10,14,19H2,1-3H3. The van der Waals surface area contributed by atoms with Crippen molar-refractivity contribution in [2.45, 2.75) is 63.7 Å². The van der Waals surface area contributed by atoms with Crippen LogP contribution in [0.15, 0.2) is 62.7 Å². The van der Waals surface area contributed by atoms with E-state index in [1.165, 1.54) is 49.1 Å². The second-order valence-corrected chi connectivity index (χ2v) is 11.3. The summed E-state index contributed by atoms with van der Waals surface area (Å²) in [5.74, 6) is 0.962. The third-order valence-electron chi connectivity index (χ3n) is 5.93. The van der Waals surface area contributed by atoms with Crippen LogP contribution in [-0.4, -0.2) is 44.7 Å². The lowest BCUT2D eigenvalue weighted by molar-refractivity contribution is -0.122. The molecule has 9 heteroatoms. The van der Waals surface area contributed by atoms with E-state index in [1.54, 1.807) is 38.3 Å². The van der Waals surface area contributed by atoms with Gasteiger partial charge in [0, 0.05) is 6.54 Å². The van der Waals surface area contributed by atoms with Crippen molar-refractivity contribution in [2.24, 2.45) is 4.40 Å². The zero-order chi connectivity index (χ0) is 26.7. The van der Waals surface area contributed by atoms with Crippen molar-refractivity contribution in [2.75, 3.05) is 20.3 Å². The Morgan fingerprint density at radius 1 is 0.946 bits per heavy atom. The molecule has 0 aliphatic carbocycles. The van der Waals surface area contributed by atoms with E-state index >= 15 is 0 Å². The van der Waals surface area contributed by atoms with E-state index in [9.17, 15) is 13.2 Å². The number of amidine groups is 1. The number of nitrogens with zero attached hydrogens (tertiary/aromatic N) is 2. The molecule has 7 nitrogen and oxygen atoms in total. The zero-order valence-corrected chi connectivity index (χ0v) is 23.4. The number of unbranched alkanes of at least 4 members (excludes halogenated alkanes) is 6. The van der Waals surface area contributed by atoms with Crippen LogP contribution in [0.4, 0.5) is 0 Å². The number of amides is 1. The predicted molar refractivity (Wildman–Crippen MR) is 150 cm³/mol. The van der Waals surface area contributed by atoms with E-state index in [0.717, 1.165) is 30.2 Å². The zero-order valence-electron chi connectivity index (χ0n) is 21.8. The molecule has 1 amide bonds. The minimum absolute atomic E-state index is 0.0851. The third-order valence-corrected chi connectivity index (χ3v) is 8.34. The quantitative estimate of drug-likeness (QED) is 0.199. The molecule has 2 aromatic rings. The third kappa shape index (κ3) is 8.10. The summed E-state index contributed by atoms with van der Waals surface area (Å²) in [7, 11) is -2.34. The summed E-state index contributed by atoms with van der Waals surface area (Å²) < 4.78 is 40.9. The number of thioether (sulfide) groups is 1. The molecule has 1 fully saturated rings. The summed E-state index contributed by atoms with van der Waals surface area (Å²) in [6.07, 6.45) is 10.1. The number of ether oxygens (including phenoxy) is 2. The number of sulfonamides is 1. The normalized spacial score (nSPS) is 16.1. The molecule has 1 heterocycles. The van der Waals surface area contributed by atoms with Gasteiger partial charge in [0.2, 0.25) is 0 Å². The van der Waals surface area contributed by atoms with Crippen molar-refractivity contribution in [1.29, 1.82) is 0 Å². The van der Waals surface area contributed by atoms with Gasteiger partial charge < -0.3 is 9.47 Å². The number of likely N-dealkylation sites (N-methyl/N-ethyl adjacent to an activating group) is 1. The summed E-state index contributed by atoms with van der Waals surface area (Å²) in [5, 5.41) is 0.145. The van der Waals surface area contributed by atoms with Crippen LogP contribution in [-0.2, 0) is 14.8 Å². The first-order valence-corrected chi connectivity index (χ1v) is 15.1. The number of carbonyl (C=O) groups is 1. The number of rotatable bonds is 14. The first-order chi connectivity index (χ1) is 17.9. The van der Waals surface area contributed by atoms with E-state index in [4.69, 9.17) is 9.47 Å². The number of benzene rings is 2. The largest absolute Gasteiger partial charge is 0.493 e. The molecule has 0 unspecified atom stereocenters. The van der Waals surface area contributed by atoms with Crippen LogP contribution in [0, 0.1) is 0 Å². The molecule has 1 aliphatic rings.